The summed E-state index contributed by atoms with van der Waals surface area (Å²) in [4.78, 5) is 6.01. The fourth-order valence-corrected chi connectivity index (χ4v) is 3.15. The maximum Gasteiger partial charge on any atom is 0.203 e. The molecule has 2 heterocycles. The number of hydrogen-bond donors (Lipinski definition) is 1. The Labute approximate surface area is 131 Å². The summed E-state index contributed by atoms with van der Waals surface area (Å²) in [5.41, 5.74) is 1.06. The van der Waals surface area contributed by atoms with Crippen molar-refractivity contribution in [2.24, 2.45) is 0 Å². The molecule has 116 valence electrons. The Hall–Kier alpha value is -1.33. The third-order valence-corrected chi connectivity index (χ3v) is 4.26. The summed E-state index contributed by atoms with van der Waals surface area (Å²) < 4.78 is 7.60. The molecular formula is C16H25N3OS. The third-order valence-electron chi connectivity index (χ3n) is 3.36. The molecule has 0 aliphatic carbocycles. The van der Waals surface area contributed by atoms with Crippen molar-refractivity contribution in [3.63, 3.8) is 0 Å². The van der Waals surface area contributed by atoms with Crippen LogP contribution < -0.4 is 5.32 Å². The second-order valence-corrected chi connectivity index (χ2v) is 6.26. The van der Waals surface area contributed by atoms with Gasteiger partial charge < -0.3 is 14.6 Å². The number of hydrogen-bond acceptors (Lipinski definition) is 4. The number of ether oxygens (including phenoxy) is 1. The molecule has 1 unspecified atom stereocenters. The Morgan fingerprint density at radius 3 is 3.05 bits per heavy atom. The maximum atomic E-state index is 5.36. The van der Waals surface area contributed by atoms with E-state index in [1.165, 1.54) is 4.88 Å². The third kappa shape index (κ3) is 4.86. The van der Waals surface area contributed by atoms with Crippen molar-refractivity contribution in [1.29, 1.82) is 0 Å². The fourth-order valence-electron chi connectivity index (χ4n) is 2.32. The van der Waals surface area contributed by atoms with Gasteiger partial charge in [-0.1, -0.05) is 6.07 Å². The lowest BCUT2D eigenvalue weighted by Gasteiger charge is -2.16. The van der Waals surface area contributed by atoms with Gasteiger partial charge in [0.25, 0.3) is 0 Å². The molecule has 0 aliphatic rings. The molecule has 0 aliphatic heterocycles. The lowest BCUT2D eigenvalue weighted by molar-refractivity contribution is 0.147. The van der Waals surface area contributed by atoms with Crippen LogP contribution in [0.5, 0.6) is 0 Å². The van der Waals surface area contributed by atoms with Gasteiger partial charge in [0.05, 0.1) is 5.69 Å². The Kier molecular flexibility index (Phi) is 6.26. The second kappa shape index (κ2) is 8.20. The first-order valence-corrected chi connectivity index (χ1v) is 8.48. The van der Waals surface area contributed by atoms with E-state index in [0.717, 1.165) is 44.2 Å². The van der Waals surface area contributed by atoms with Crippen molar-refractivity contribution in [3.05, 3.63) is 34.3 Å². The summed E-state index contributed by atoms with van der Waals surface area (Å²) >= 11 is 1.81. The minimum Gasteiger partial charge on any atom is -0.382 e. The van der Waals surface area contributed by atoms with Crippen LogP contribution in [0.15, 0.2) is 23.7 Å². The quantitative estimate of drug-likeness (QED) is 0.714. The van der Waals surface area contributed by atoms with Crippen LogP contribution in [0.2, 0.25) is 0 Å². The molecule has 21 heavy (non-hydrogen) atoms. The first-order chi connectivity index (χ1) is 10.2. The van der Waals surface area contributed by atoms with E-state index in [1.807, 2.05) is 25.2 Å². The highest BCUT2D eigenvalue weighted by Gasteiger charge is 2.12. The topological polar surface area (TPSA) is 39.1 Å². The summed E-state index contributed by atoms with van der Waals surface area (Å²) in [6, 6.07) is 4.71. The summed E-state index contributed by atoms with van der Waals surface area (Å²) in [5, 5.41) is 5.56. The molecule has 0 amide bonds. The molecule has 2 aromatic heterocycles. The average Bonchev–Trinajstić information content (AvgIpc) is 3.08. The number of nitrogens with zero attached hydrogens (tertiary/aromatic N) is 2. The SMILES string of the molecule is CCOCCCNc1nc(C)cn1C(C)Cc1cccs1. The van der Waals surface area contributed by atoms with Gasteiger partial charge >= 0.3 is 0 Å². The Morgan fingerprint density at radius 2 is 2.33 bits per heavy atom. The van der Waals surface area contributed by atoms with Crippen molar-refractivity contribution in [2.45, 2.75) is 39.7 Å². The number of aryl methyl sites for hydroxylation is 1. The number of anilines is 1. The first kappa shape index (κ1) is 16.0. The summed E-state index contributed by atoms with van der Waals surface area (Å²) in [6.45, 7) is 8.78. The van der Waals surface area contributed by atoms with Crippen LogP contribution in [0.25, 0.3) is 0 Å². The molecule has 0 aromatic carbocycles. The molecule has 0 spiro atoms. The van der Waals surface area contributed by atoms with Gasteiger partial charge in [-0.05, 0) is 38.6 Å². The minimum absolute atomic E-state index is 0.402. The van der Waals surface area contributed by atoms with Gasteiger partial charge in [-0.2, -0.15) is 0 Å². The number of thiophene rings is 1. The smallest absolute Gasteiger partial charge is 0.203 e. The van der Waals surface area contributed by atoms with E-state index < -0.39 is 0 Å². The van der Waals surface area contributed by atoms with Gasteiger partial charge in [0.2, 0.25) is 5.95 Å². The highest BCUT2D eigenvalue weighted by Crippen LogP contribution is 2.22. The standard InChI is InChI=1S/C16H25N3OS/c1-4-20-9-6-8-17-16-18-13(2)12-19(16)14(3)11-15-7-5-10-21-15/h5,7,10,12,14H,4,6,8-9,11H2,1-3H3,(H,17,18). The van der Waals surface area contributed by atoms with E-state index in [-0.39, 0.29) is 0 Å². The maximum absolute atomic E-state index is 5.36. The van der Waals surface area contributed by atoms with Crippen molar-refractivity contribution >= 4 is 17.3 Å². The number of imidazole rings is 1. The molecule has 2 aromatic rings. The molecule has 0 saturated carbocycles. The Morgan fingerprint density at radius 1 is 1.48 bits per heavy atom. The molecule has 0 radical (unpaired) electrons. The van der Waals surface area contributed by atoms with Crippen molar-refractivity contribution < 1.29 is 4.74 Å². The van der Waals surface area contributed by atoms with Crippen LogP contribution in [0.1, 0.15) is 36.9 Å². The highest BCUT2D eigenvalue weighted by molar-refractivity contribution is 7.09. The van der Waals surface area contributed by atoms with Crippen LogP contribution in [0.3, 0.4) is 0 Å². The summed E-state index contributed by atoms with van der Waals surface area (Å²) in [7, 11) is 0. The molecule has 2 rings (SSSR count). The zero-order valence-corrected chi connectivity index (χ0v) is 13.9. The van der Waals surface area contributed by atoms with Crippen LogP contribution in [0, 0.1) is 6.92 Å². The lowest BCUT2D eigenvalue weighted by Crippen LogP contribution is -2.14. The van der Waals surface area contributed by atoms with E-state index in [1.54, 1.807) is 0 Å². The van der Waals surface area contributed by atoms with Crippen LogP contribution in [0.4, 0.5) is 5.95 Å². The van der Waals surface area contributed by atoms with Crippen molar-refractivity contribution in [2.75, 3.05) is 25.1 Å². The second-order valence-electron chi connectivity index (χ2n) is 5.22. The zero-order chi connectivity index (χ0) is 15.1. The van der Waals surface area contributed by atoms with Crippen molar-refractivity contribution in [1.82, 2.24) is 9.55 Å². The average molecular weight is 307 g/mol. The monoisotopic (exact) mass is 307 g/mol. The van der Waals surface area contributed by atoms with Crippen LogP contribution in [-0.2, 0) is 11.2 Å². The first-order valence-electron chi connectivity index (χ1n) is 7.60. The molecule has 0 bridgehead atoms. The molecule has 0 fully saturated rings. The van der Waals surface area contributed by atoms with Crippen LogP contribution >= 0.6 is 11.3 Å². The summed E-state index contributed by atoms with van der Waals surface area (Å²) in [5.74, 6) is 0.966. The van der Waals surface area contributed by atoms with Gasteiger partial charge in [0, 0.05) is 43.3 Å². The van der Waals surface area contributed by atoms with E-state index >= 15 is 0 Å². The van der Waals surface area contributed by atoms with Crippen molar-refractivity contribution in [3.8, 4) is 0 Å². The zero-order valence-electron chi connectivity index (χ0n) is 13.1. The van der Waals surface area contributed by atoms with E-state index in [0.29, 0.717) is 6.04 Å². The van der Waals surface area contributed by atoms with Gasteiger partial charge in [-0.15, -0.1) is 11.3 Å². The van der Waals surface area contributed by atoms with E-state index in [9.17, 15) is 0 Å². The summed E-state index contributed by atoms with van der Waals surface area (Å²) in [6.07, 6.45) is 4.17. The van der Waals surface area contributed by atoms with Gasteiger partial charge in [0.15, 0.2) is 0 Å². The van der Waals surface area contributed by atoms with Gasteiger partial charge in [0.1, 0.15) is 0 Å². The van der Waals surface area contributed by atoms with E-state index in [2.05, 4.69) is 45.5 Å². The molecule has 1 N–H and O–H groups in total. The lowest BCUT2D eigenvalue weighted by atomic mass is 10.2. The predicted octanol–water partition coefficient (Wildman–Crippen LogP) is 3.90. The Balaban J connectivity index is 1.92. The molecule has 4 nitrogen and oxygen atoms in total. The van der Waals surface area contributed by atoms with Gasteiger partial charge in [-0.3, -0.25) is 0 Å². The van der Waals surface area contributed by atoms with E-state index in [4.69, 9.17) is 4.74 Å². The predicted molar refractivity (Wildman–Crippen MR) is 89.3 cm³/mol. The fraction of sp³-hybridized carbons (Fsp3) is 0.562. The number of nitrogens with one attached hydrogen (secondary N) is 1. The Bertz CT molecular complexity index is 522. The molecule has 0 saturated heterocycles. The highest BCUT2D eigenvalue weighted by atomic mass is 32.1. The number of rotatable bonds is 9. The minimum atomic E-state index is 0.402. The normalized spacial score (nSPS) is 12.5. The molecular weight excluding hydrogens is 282 g/mol. The van der Waals surface area contributed by atoms with Crippen LogP contribution in [-0.4, -0.2) is 29.3 Å². The molecule has 5 heteroatoms. The largest absolute Gasteiger partial charge is 0.382 e. The van der Waals surface area contributed by atoms with Gasteiger partial charge in [-0.25, -0.2) is 4.98 Å². The number of aromatic nitrogens is 2. The molecule has 1 atom stereocenters.